The Morgan fingerprint density at radius 2 is 1.14 bits per heavy atom. The summed E-state index contributed by atoms with van der Waals surface area (Å²) >= 11 is 0. The van der Waals surface area contributed by atoms with Gasteiger partial charge in [0.15, 0.2) is 0 Å². The zero-order valence-electron chi connectivity index (χ0n) is 15.4. The third-order valence-electron chi connectivity index (χ3n) is 4.90. The van der Waals surface area contributed by atoms with Crippen LogP contribution in [0.3, 0.4) is 0 Å². The molecule has 0 N–H and O–H groups in total. The van der Waals surface area contributed by atoms with Crippen LogP contribution in [0.2, 0.25) is 0 Å². The van der Waals surface area contributed by atoms with Crippen LogP contribution in [0.1, 0.15) is 16.7 Å². The first kappa shape index (κ1) is 19.7. The van der Waals surface area contributed by atoms with Gasteiger partial charge in [0.05, 0.1) is 21.3 Å². The highest BCUT2D eigenvalue weighted by Gasteiger charge is 2.37. The molecule has 0 fully saturated rings. The van der Waals surface area contributed by atoms with Gasteiger partial charge in [-0.3, -0.25) is 20.2 Å². The molecule has 3 rings (SSSR count). The van der Waals surface area contributed by atoms with Gasteiger partial charge in [-0.15, -0.1) is 0 Å². The number of para-hydroxylation sites is 2. The van der Waals surface area contributed by atoms with Crippen LogP contribution >= 0.6 is 0 Å². The fourth-order valence-corrected chi connectivity index (χ4v) is 3.49. The molecule has 0 aliphatic heterocycles. The molecule has 0 bridgehead atoms. The Morgan fingerprint density at radius 3 is 1.55 bits per heavy atom. The van der Waals surface area contributed by atoms with Crippen LogP contribution in [0, 0.1) is 31.6 Å². The van der Waals surface area contributed by atoms with Crippen LogP contribution in [0.15, 0.2) is 78.9 Å². The molecule has 29 heavy (non-hydrogen) atoms. The SMILES string of the molecule is N#CC(Cc1ccccc1[N+](=O)[O-])(Cc1ccccc1[N+](=O)[O-])c1ccccc1. The summed E-state index contributed by atoms with van der Waals surface area (Å²) in [5.74, 6) is 0. The van der Waals surface area contributed by atoms with Crippen molar-refractivity contribution in [3.63, 3.8) is 0 Å². The first-order valence-corrected chi connectivity index (χ1v) is 8.88. The molecule has 0 aliphatic rings. The molecule has 0 unspecified atom stereocenters. The third-order valence-corrected chi connectivity index (χ3v) is 4.90. The standard InChI is InChI=1S/C22H17N3O4/c23-16-22(19-10-2-1-3-11-19,14-17-8-4-6-12-20(17)24(26)27)15-18-9-5-7-13-21(18)25(28)29/h1-13H,14-15H2. The fourth-order valence-electron chi connectivity index (χ4n) is 3.49. The van der Waals surface area contributed by atoms with Gasteiger partial charge in [0.25, 0.3) is 11.4 Å². The van der Waals surface area contributed by atoms with Crippen LogP contribution in [0.25, 0.3) is 0 Å². The van der Waals surface area contributed by atoms with Crippen LogP contribution in [0.5, 0.6) is 0 Å². The van der Waals surface area contributed by atoms with Crippen molar-refractivity contribution < 1.29 is 9.85 Å². The lowest BCUT2D eigenvalue weighted by Gasteiger charge is -2.27. The van der Waals surface area contributed by atoms with Gasteiger partial charge in [0, 0.05) is 36.1 Å². The second kappa shape index (κ2) is 8.31. The highest BCUT2D eigenvalue weighted by molar-refractivity contribution is 5.48. The Morgan fingerprint density at radius 1 is 0.724 bits per heavy atom. The Hall–Kier alpha value is -4.05. The zero-order chi connectivity index (χ0) is 20.9. The van der Waals surface area contributed by atoms with Crippen molar-refractivity contribution in [3.8, 4) is 6.07 Å². The fraction of sp³-hybridized carbons (Fsp3) is 0.136. The number of benzene rings is 3. The van der Waals surface area contributed by atoms with Gasteiger partial charge in [-0.1, -0.05) is 66.7 Å². The number of nitro groups is 2. The van der Waals surface area contributed by atoms with E-state index in [1.165, 1.54) is 12.1 Å². The average Bonchev–Trinajstić information content (AvgIpc) is 2.74. The lowest BCUT2D eigenvalue weighted by molar-refractivity contribution is -0.385. The monoisotopic (exact) mass is 387 g/mol. The van der Waals surface area contributed by atoms with Gasteiger partial charge >= 0.3 is 0 Å². The average molecular weight is 387 g/mol. The van der Waals surface area contributed by atoms with Crippen molar-refractivity contribution in [2.75, 3.05) is 0 Å². The van der Waals surface area contributed by atoms with Crippen LogP contribution in [-0.2, 0) is 18.3 Å². The molecule has 0 amide bonds. The van der Waals surface area contributed by atoms with E-state index in [1.807, 2.05) is 6.07 Å². The van der Waals surface area contributed by atoms with E-state index in [0.29, 0.717) is 16.7 Å². The maximum atomic E-state index is 11.5. The number of hydrogen-bond donors (Lipinski definition) is 0. The van der Waals surface area contributed by atoms with E-state index in [4.69, 9.17) is 0 Å². The van der Waals surface area contributed by atoms with Gasteiger partial charge in [0.1, 0.15) is 0 Å². The predicted molar refractivity (Wildman–Crippen MR) is 107 cm³/mol. The molecule has 144 valence electrons. The maximum Gasteiger partial charge on any atom is 0.272 e. The molecular formula is C22H17N3O4. The van der Waals surface area contributed by atoms with Gasteiger partial charge in [-0.25, -0.2) is 0 Å². The van der Waals surface area contributed by atoms with E-state index in [9.17, 15) is 25.5 Å². The molecule has 0 heterocycles. The summed E-state index contributed by atoms with van der Waals surface area (Å²) in [7, 11) is 0. The second-order valence-corrected chi connectivity index (χ2v) is 6.69. The number of nitriles is 1. The van der Waals surface area contributed by atoms with E-state index in [-0.39, 0.29) is 24.2 Å². The van der Waals surface area contributed by atoms with Crippen molar-refractivity contribution in [1.82, 2.24) is 0 Å². The normalized spacial score (nSPS) is 10.9. The van der Waals surface area contributed by atoms with Crippen molar-refractivity contribution in [2.45, 2.75) is 18.3 Å². The second-order valence-electron chi connectivity index (χ2n) is 6.69. The Kier molecular flexibility index (Phi) is 5.65. The van der Waals surface area contributed by atoms with E-state index in [1.54, 1.807) is 60.7 Å². The van der Waals surface area contributed by atoms with Crippen molar-refractivity contribution >= 4 is 11.4 Å². The smallest absolute Gasteiger partial charge is 0.258 e. The highest BCUT2D eigenvalue weighted by Crippen LogP contribution is 2.36. The molecule has 0 radical (unpaired) electrons. The van der Waals surface area contributed by atoms with Crippen molar-refractivity contribution in [2.24, 2.45) is 0 Å². The number of rotatable bonds is 7. The van der Waals surface area contributed by atoms with E-state index < -0.39 is 15.3 Å². The van der Waals surface area contributed by atoms with Crippen LogP contribution in [-0.4, -0.2) is 9.85 Å². The van der Waals surface area contributed by atoms with Gasteiger partial charge in [-0.05, 0) is 5.56 Å². The predicted octanol–water partition coefficient (Wildman–Crippen LogP) is 4.75. The van der Waals surface area contributed by atoms with E-state index in [0.717, 1.165) is 0 Å². The maximum absolute atomic E-state index is 11.5. The molecule has 7 heteroatoms. The summed E-state index contributed by atoms with van der Waals surface area (Å²) in [6.45, 7) is 0. The Balaban J connectivity index is 2.16. The molecule has 0 atom stereocenters. The molecular weight excluding hydrogens is 370 g/mol. The third kappa shape index (κ3) is 4.12. The molecule has 7 nitrogen and oxygen atoms in total. The lowest BCUT2D eigenvalue weighted by Crippen LogP contribution is -2.30. The quantitative estimate of drug-likeness (QED) is 0.429. The van der Waals surface area contributed by atoms with Crippen LogP contribution < -0.4 is 0 Å². The summed E-state index contributed by atoms with van der Waals surface area (Å²) in [4.78, 5) is 22.0. The molecule has 0 saturated heterocycles. The number of nitrogens with zero attached hydrogens (tertiary/aromatic N) is 3. The van der Waals surface area contributed by atoms with E-state index >= 15 is 0 Å². The Labute approximate surface area is 167 Å². The van der Waals surface area contributed by atoms with Gasteiger partial charge in [0.2, 0.25) is 0 Å². The lowest BCUT2D eigenvalue weighted by atomic mass is 9.72. The van der Waals surface area contributed by atoms with Crippen LogP contribution in [0.4, 0.5) is 11.4 Å². The zero-order valence-corrected chi connectivity index (χ0v) is 15.4. The molecule has 0 aliphatic carbocycles. The summed E-state index contributed by atoms with van der Waals surface area (Å²) in [6, 6.07) is 23.7. The molecule has 0 aromatic heterocycles. The van der Waals surface area contributed by atoms with Gasteiger partial charge < -0.3 is 0 Å². The topological polar surface area (TPSA) is 110 Å². The first-order valence-electron chi connectivity index (χ1n) is 8.88. The largest absolute Gasteiger partial charge is 0.272 e. The molecule has 0 spiro atoms. The molecule has 3 aromatic rings. The first-order chi connectivity index (χ1) is 14.0. The minimum absolute atomic E-state index is 0.0523. The molecule has 0 saturated carbocycles. The molecule has 3 aromatic carbocycles. The minimum Gasteiger partial charge on any atom is -0.258 e. The summed E-state index contributed by atoms with van der Waals surface area (Å²) in [5.41, 5.74) is 0.0949. The van der Waals surface area contributed by atoms with Gasteiger partial charge in [-0.2, -0.15) is 5.26 Å². The highest BCUT2D eigenvalue weighted by atomic mass is 16.6. The summed E-state index contributed by atoms with van der Waals surface area (Å²) < 4.78 is 0. The van der Waals surface area contributed by atoms with E-state index in [2.05, 4.69) is 6.07 Å². The van der Waals surface area contributed by atoms with Crippen molar-refractivity contribution in [1.29, 1.82) is 5.26 Å². The number of nitro benzene ring substituents is 2. The Bertz CT molecular complexity index is 1030. The summed E-state index contributed by atoms with van der Waals surface area (Å²) in [5, 5.41) is 33.2. The van der Waals surface area contributed by atoms with Crippen molar-refractivity contribution in [3.05, 3.63) is 116 Å². The minimum atomic E-state index is -1.21. The number of hydrogen-bond acceptors (Lipinski definition) is 5. The summed E-state index contributed by atoms with van der Waals surface area (Å²) in [6.07, 6.45) is 0.105.